The highest BCUT2D eigenvalue weighted by molar-refractivity contribution is 5.98. The van der Waals surface area contributed by atoms with Crippen LogP contribution in [0.5, 0.6) is 0 Å². The molecule has 1 atom stereocenters. The molecular formula is C19H27N3O6. The zero-order valence-electron chi connectivity index (χ0n) is 16.5. The standard InChI is InChI=1S/C19H27N3O6/c1-13-6-9-21(10-7-13)17-5-4-15(22(25)26)12-16(17)19(24)28-14(2)18(23)20-8-11-27-3/h4-5,12-14H,6-11H2,1-3H3,(H,20,23)/t14-/m0/s1. The van der Waals surface area contributed by atoms with Gasteiger partial charge in [-0.15, -0.1) is 0 Å². The number of methoxy groups -OCH3 is 1. The lowest BCUT2D eigenvalue weighted by atomic mass is 9.98. The summed E-state index contributed by atoms with van der Waals surface area (Å²) >= 11 is 0. The minimum absolute atomic E-state index is 0.0975. The predicted octanol–water partition coefficient (Wildman–Crippen LogP) is 2.14. The maximum absolute atomic E-state index is 12.7. The van der Waals surface area contributed by atoms with E-state index in [0.717, 1.165) is 25.9 Å². The molecule has 0 unspecified atom stereocenters. The second-order valence-corrected chi connectivity index (χ2v) is 6.96. The van der Waals surface area contributed by atoms with Gasteiger partial charge in [0.2, 0.25) is 0 Å². The highest BCUT2D eigenvalue weighted by atomic mass is 16.6. The van der Waals surface area contributed by atoms with Gasteiger partial charge in [-0.25, -0.2) is 4.79 Å². The van der Waals surface area contributed by atoms with Crippen molar-refractivity contribution in [2.24, 2.45) is 5.92 Å². The molecule has 1 saturated heterocycles. The fourth-order valence-electron chi connectivity index (χ4n) is 3.02. The number of rotatable bonds is 8. The third-order valence-corrected chi connectivity index (χ3v) is 4.79. The summed E-state index contributed by atoms with van der Waals surface area (Å²) in [4.78, 5) is 37.4. The lowest BCUT2D eigenvalue weighted by Gasteiger charge is -2.33. The van der Waals surface area contributed by atoms with Crippen molar-refractivity contribution in [1.82, 2.24) is 5.32 Å². The summed E-state index contributed by atoms with van der Waals surface area (Å²) in [6, 6.07) is 4.17. The predicted molar refractivity (Wildman–Crippen MR) is 103 cm³/mol. The Morgan fingerprint density at radius 1 is 1.36 bits per heavy atom. The number of piperidine rings is 1. The molecule has 1 aliphatic heterocycles. The van der Waals surface area contributed by atoms with Crippen molar-refractivity contribution in [3.63, 3.8) is 0 Å². The number of hydrogen-bond donors (Lipinski definition) is 1. The Balaban J connectivity index is 2.18. The highest BCUT2D eigenvalue weighted by Gasteiger charge is 2.26. The summed E-state index contributed by atoms with van der Waals surface area (Å²) in [5, 5.41) is 13.7. The number of non-ortho nitro benzene ring substituents is 1. The maximum atomic E-state index is 12.7. The Hall–Kier alpha value is -2.68. The molecule has 0 spiro atoms. The van der Waals surface area contributed by atoms with Gasteiger partial charge in [-0.2, -0.15) is 0 Å². The number of carbonyl (C=O) groups excluding carboxylic acids is 2. The van der Waals surface area contributed by atoms with E-state index in [9.17, 15) is 19.7 Å². The molecule has 0 bridgehead atoms. The van der Waals surface area contributed by atoms with Crippen molar-refractivity contribution in [2.45, 2.75) is 32.8 Å². The van der Waals surface area contributed by atoms with Crippen LogP contribution < -0.4 is 10.2 Å². The van der Waals surface area contributed by atoms with Crippen LogP contribution >= 0.6 is 0 Å². The molecule has 1 aromatic carbocycles. The first-order valence-corrected chi connectivity index (χ1v) is 9.34. The van der Waals surface area contributed by atoms with E-state index < -0.39 is 22.9 Å². The van der Waals surface area contributed by atoms with Gasteiger partial charge in [-0.1, -0.05) is 6.92 Å². The van der Waals surface area contributed by atoms with E-state index in [4.69, 9.17) is 9.47 Å². The Morgan fingerprint density at radius 2 is 2.04 bits per heavy atom. The quantitative estimate of drug-likeness (QED) is 0.312. The number of nitrogens with zero attached hydrogens (tertiary/aromatic N) is 2. The zero-order chi connectivity index (χ0) is 20.7. The molecule has 9 heteroatoms. The molecule has 1 N–H and O–H groups in total. The van der Waals surface area contributed by atoms with Gasteiger partial charge in [-0.3, -0.25) is 14.9 Å². The van der Waals surface area contributed by atoms with Crippen molar-refractivity contribution in [3.05, 3.63) is 33.9 Å². The molecule has 154 valence electrons. The summed E-state index contributed by atoms with van der Waals surface area (Å²) in [5.74, 6) is -0.614. The molecule has 0 aromatic heterocycles. The monoisotopic (exact) mass is 393 g/mol. The fraction of sp³-hybridized carbons (Fsp3) is 0.579. The highest BCUT2D eigenvalue weighted by Crippen LogP contribution is 2.30. The number of nitro groups is 1. The van der Waals surface area contributed by atoms with Gasteiger partial charge < -0.3 is 19.7 Å². The van der Waals surface area contributed by atoms with E-state index in [2.05, 4.69) is 12.2 Å². The number of nitrogens with one attached hydrogen (secondary N) is 1. The number of carbonyl (C=O) groups is 2. The average Bonchev–Trinajstić information content (AvgIpc) is 2.68. The topological polar surface area (TPSA) is 111 Å². The average molecular weight is 393 g/mol. The summed E-state index contributed by atoms with van der Waals surface area (Å²) in [6.45, 7) is 5.78. The van der Waals surface area contributed by atoms with Gasteiger partial charge in [-0.05, 0) is 31.7 Å². The molecule has 1 aromatic rings. The van der Waals surface area contributed by atoms with Crippen LogP contribution in [0, 0.1) is 16.0 Å². The van der Waals surface area contributed by atoms with Crippen LogP contribution in [0.3, 0.4) is 0 Å². The van der Waals surface area contributed by atoms with Crippen molar-refractivity contribution in [3.8, 4) is 0 Å². The molecule has 0 aliphatic carbocycles. The van der Waals surface area contributed by atoms with Gasteiger partial charge in [0.15, 0.2) is 6.10 Å². The van der Waals surface area contributed by atoms with Gasteiger partial charge in [0.25, 0.3) is 11.6 Å². The van der Waals surface area contributed by atoms with Crippen LogP contribution in [0.15, 0.2) is 18.2 Å². The van der Waals surface area contributed by atoms with Crippen LogP contribution in [0.4, 0.5) is 11.4 Å². The van der Waals surface area contributed by atoms with E-state index >= 15 is 0 Å². The molecular weight excluding hydrogens is 366 g/mol. The third-order valence-electron chi connectivity index (χ3n) is 4.79. The number of benzene rings is 1. The van der Waals surface area contributed by atoms with Crippen molar-refractivity contribution < 1.29 is 24.0 Å². The Bertz CT molecular complexity index is 716. The van der Waals surface area contributed by atoms with Crippen LogP contribution in [-0.2, 0) is 14.3 Å². The molecule has 28 heavy (non-hydrogen) atoms. The van der Waals surface area contributed by atoms with E-state index in [1.807, 2.05) is 4.90 Å². The summed E-state index contributed by atoms with van der Waals surface area (Å²) in [5.41, 5.74) is 0.494. The lowest BCUT2D eigenvalue weighted by Crippen LogP contribution is -2.38. The normalized spacial score (nSPS) is 15.8. The Labute approximate surface area is 164 Å². The van der Waals surface area contributed by atoms with Crippen molar-refractivity contribution >= 4 is 23.3 Å². The number of anilines is 1. The van der Waals surface area contributed by atoms with E-state index in [0.29, 0.717) is 24.8 Å². The first-order valence-electron chi connectivity index (χ1n) is 9.34. The fourth-order valence-corrected chi connectivity index (χ4v) is 3.02. The number of hydrogen-bond acceptors (Lipinski definition) is 7. The Morgan fingerprint density at radius 3 is 2.64 bits per heavy atom. The molecule has 1 heterocycles. The first kappa shape index (κ1) is 21.6. The Kier molecular flexibility index (Phi) is 7.74. The van der Waals surface area contributed by atoms with Gasteiger partial charge in [0.1, 0.15) is 0 Å². The summed E-state index contributed by atoms with van der Waals surface area (Å²) in [7, 11) is 1.51. The molecule has 1 aliphatic rings. The van der Waals surface area contributed by atoms with Gasteiger partial charge >= 0.3 is 5.97 Å². The van der Waals surface area contributed by atoms with Gasteiger partial charge in [0, 0.05) is 38.9 Å². The van der Waals surface area contributed by atoms with Crippen LogP contribution in [0.25, 0.3) is 0 Å². The number of amides is 1. The largest absolute Gasteiger partial charge is 0.449 e. The molecule has 2 rings (SSSR count). The summed E-state index contributed by atoms with van der Waals surface area (Å²) < 4.78 is 10.1. The number of esters is 1. The van der Waals surface area contributed by atoms with Crippen LogP contribution in [0.1, 0.15) is 37.0 Å². The molecule has 1 fully saturated rings. The van der Waals surface area contributed by atoms with E-state index in [1.54, 1.807) is 6.07 Å². The smallest absolute Gasteiger partial charge is 0.341 e. The van der Waals surface area contributed by atoms with Crippen LogP contribution in [-0.4, -0.2) is 56.3 Å². The SMILES string of the molecule is COCCNC(=O)[C@H](C)OC(=O)c1cc([N+](=O)[O-])ccc1N1CCC(C)CC1. The van der Waals surface area contributed by atoms with Crippen LogP contribution in [0.2, 0.25) is 0 Å². The molecule has 1 amide bonds. The van der Waals surface area contributed by atoms with E-state index in [-0.39, 0.29) is 11.3 Å². The molecule has 0 saturated carbocycles. The number of ether oxygens (including phenoxy) is 2. The zero-order valence-corrected chi connectivity index (χ0v) is 16.5. The van der Waals surface area contributed by atoms with Gasteiger partial charge in [0.05, 0.1) is 22.8 Å². The lowest BCUT2D eigenvalue weighted by molar-refractivity contribution is -0.384. The molecule has 0 radical (unpaired) electrons. The number of nitro benzene ring substituents is 1. The van der Waals surface area contributed by atoms with Crippen molar-refractivity contribution in [1.29, 1.82) is 0 Å². The maximum Gasteiger partial charge on any atom is 0.341 e. The third kappa shape index (κ3) is 5.66. The minimum Gasteiger partial charge on any atom is -0.449 e. The molecule has 9 nitrogen and oxygen atoms in total. The summed E-state index contributed by atoms with van der Waals surface area (Å²) in [6.07, 6.45) is 0.922. The second kappa shape index (κ2) is 10.0. The first-order chi connectivity index (χ1) is 13.3. The minimum atomic E-state index is -1.03. The van der Waals surface area contributed by atoms with E-state index in [1.165, 1.54) is 26.2 Å². The van der Waals surface area contributed by atoms with Crippen molar-refractivity contribution in [2.75, 3.05) is 38.3 Å². The second-order valence-electron chi connectivity index (χ2n) is 6.96.